The van der Waals surface area contributed by atoms with E-state index in [2.05, 4.69) is 10.3 Å². The third-order valence-electron chi connectivity index (χ3n) is 2.87. The van der Waals surface area contributed by atoms with Crippen molar-refractivity contribution in [1.82, 2.24) is 4.98 Å². The van der Waals surface area contributed by atoms with E-state index in [4.69, 9.17) is 14.2 Å². The van der Waals surface area contributed by atoms with Crippen LogP contribution in [-0.2, 0) is 0 Å². The van der Waals surface area contributed by atoms with Crippen LogP contribution >= 0.6 is 12.4 Å². The van der Waals surface area contributed by atoms with Crippen molar-refractivity contribution >= 4 is 24.0 Å². The third-order valence-corrected chi connectivity index (χ3v) is 2.87. The topological polar surface area (TPSA) is 69.7 Å². The van der Waals surface area contributed by atoms with E-state index >= 15 is 0 Å². The number of hydrogen-bond acceptors (Lipinski definition) is 5. The molecule has 22 heavy (non-hydrogen) atoms. The highest BCUT2D eigenvalue weighted by Crippen LogP contribution is 2.39. The number of nitrogens with zero attached hydrogens (tertiary/aromatic N) is 1. The van der Waals surface area contributed by atoms with Gasteiger partial charge < -0.3 is 19.5 Å². The average molecular weight is 325 g/mol. The van der Waals surface area contributed by atoms with Crippen LogP contribution in [0, 0.1) is 0 Å². The summed E-state index contributed by atoms with van der Waals surface area (Å²) < 4.78 is 15.7. The Balaban J connectivity index is 0.00000242. The first-order chi connectivity index (χ1) is 10.2. The molecule has 0 saturated carbocycles. The van der Waals surface area contributed by atoms with Crippen molar-refractivity contribution < 1.29 is 19.0 Å². The molecule has 0 aliphatic rings. The van der Waals surface area contributed by atoms with Crippen LogP contribution in [-0.4, -0.2) is 32.2 Å². The molecule has 0 fully saturated rings. The largest absolute Gasteiger partial charge is 0.493 e. The Morgan fingerprint density at radius 1 is 1.00 bits per heavy atom. The minimum absolute atomic E-state index is 0. The van der Waals surface area contributed by atoms with Gasteiger partial charge in [0.1, 0.15) is 0 Å². The zero-order valence-corrected chi connectivity index (χ0v) is 13.3. The van der Waals surface area contributed by atoms with E-state index in [0.29, 0.717) is 28.5 Å². The number of anilines is 1. The number of methoxy groups -OCH3 is 3. The number of nitrogens with one attached hydrogen (secondary N) is 1. The Labute approximate surface area is 134 Å². The van der Waals surface area contributed by atoms with Crippen molar-refractivity contribution in [3.63, 3.8) is 0 Å². The van der Waals surface area contributed by atoms with Gasteiger partial charge in [0, 0.05) is 35.8 Å². The van der Waals surface area contributed by atoms with E-state index in [0.717, 1.165) is 0 Å². The van der Waals surface area contributed by atoms with Crippen molar-refractivity contribution in [1.29, 1.82) is 0 Å². The van der Waals surface area contributed by atoms with Crippen LogP contribution in [0.1, 0.15) is 10.4 Å². The molecule has 1 heterocycles. The van der Waals surface area contributed by atoms with Crippen molar-refractivity contribution in [3.8, 4) is 17.2 Å². The summed E-state index contributed by atoms with van der Waals surface area (Å²) in [7, 11) is 4.56. The van der Waals surface area contributed by atoms with Gasteiger partial charge >= 0.3 is 0 Å². The summed E-state index contributed by atoms with van der Waals surface area (Å²) in [6, 6.07) is 6.60. The Morgan fingerprint density at radius 2 is 1.55 bits per heavy atom. The third kappa shape index (κ3) is 3.79. The predicted octanol–water partition coefficient (Wildman–Crippen LogP) is 2.78. The quantitative estimate of drug-likeness (QED) is 0.915. The molecule has 118 valence electrons. The summed E-state index contributed by atoms with van der Waals surface area (Å²) >= 11 is 0. The SMILES string of the molecule is COc1cc(NC(=O)c2ccncc2)cc(OC)c1OC.Cl. The molecule has 0 aliphatic heterocycles. The van der Waals surface area contributed by atoms with Crippen molar-refractivity contribution in [2.75, 3.05) is 26.6 Å². The second-order valence-corrected chi connectivity index (χ2v) is 4.10. The van der Waals surface area contributed by atoms with Gasteiger partial charge in [-0.2, -0.15) is 0 Å². The molecule has 0 radical (unpaired) electrons. The van der Waals surface area contributed by atoms with Gasteiger partial charge in [0.15, 0.2) is 11.5 Å². The van der Waals surface area contributed by atoms with Crippen LogP contribution in [0.15, 0.2) is 36.7 Å². The van der Waals surface area contributed by atoms with Gasteiger partial charge in [-0.25, -0.2) is 0 Å². The number of carbonyl (C=O) groups excluding carboxylic acids is 1. The first-order valence-electron chi connectivity index (χ1n) is 6.21. The summed E-state index contributed by atoms with van der Waals surface area (Å²) in [4.78, 5) is 16.0. The smallest absolute Gasteiger partial charge is 0.255 e. The summed E-state index contributed by atoms with van der Waals surface area (Å²) in [5, 5.41) is 2.78. The van der Waals surface area contributed by atoms with Crippen LogP contribution in [0.2, 0.25) is 0 Å². The molecule has 0 atom stereocenters. The van der Waals surface area contributed by atoms with Gasteiger partial charge in [0.2, 0.25) is 5.75 Å². The fraction of sp³-hybridized carbons (Fsp3) is 0.200. The maximum atomic E-state index is 12.1. The molecule has 1 amide bonds. The molecule has 0 aliphatic carbocycles. The molecule has 0 bridgehead atoms. The number of amides is 1. The number of halogens is 1. The standard InChI is InChI=1S/C15H16N2O4.ClH/c1-19-12-8-11(9-13(20-2)14(12)21-3)17-15(18)10-4-6-16-7-5-10;/h4-9H,1-3H3,(H,17,18);1H. The lowest BCUT2D eigenvalue weighted by Gasteiger charge is -2.14. The highest BCUT2D eigenvalue weighted by atomic mass is 35.5. The zero-order valence-electron chi connectivity index (χ0n) is 12.5. The number of rotatable bonds is 5. The molecule has 0 saturated heterocycles. The Bertz CT molecular complexity index is 610. The molecule has 2 rings (SSSR count). The monoisotopic (exact) mass is 324 g/mol. The Hall–Kier alpha value is -2.47. The number of aromatic nitrogens is 1. The lowest BCUT2D eigenvalue weighted by atomic mass is 10.2. The van der Waals surface area contributed by atoms with Crippen molar-refractivity contribution in [3.05, 3.63) is 42.2 Å². The number of carbonyl (C=O) groups is 1. The normalized spacial score (nSPS) is 9.41. The molecule has 1 aromatic heterocycles. The Morgan fingerprint density at radius 3 is 2.00 bits per heavy atom. The van der Waals surface area contributed by atoms with E-state index in [1.807, 2.05) is 0 Å². The van der Waals surface area contributed by atoms with Crippen LogP contribution in [0.3, 0.4) is 0 Å². The van der Waals surface area contributed by atoms with Gasteiger partial charge in [-0.05, 0) is 12.1 Å². The van der Waals surface area contributed by atoms with Crippen molar-refractivity contribution in [2.45, 2.75) is 0 Å². The van der Waals surface area contributed by atoms with Gasteiger partial charge in [-0.15, -0.1) is 12.4 Å². The minimum Gasteiger partial charge on any atom is -0.493 e. The highest BCUT2D eigenvalue weighted by molar-refractivity contribution is 6.04. The fourth-order valence-electron chi connectivity index (χ4n) is 1.86. The first kappa shape index (κ1) is 17.6. The molecule has 0 unspecified atom stereocenters. The second-order valence-electron chi connectivity index (χ2n) is 4.10. The lowest BCUT2D eigenvalue weighted by molar-refractivity contribution is 0.102. The lowest BCUT2D eigenvalue weighted by Crippen LogP contribution is -2.12. The fourth-order valence-corrected chi connectivity index (χ4v) is 1.86. The second kappa shape index (κ2) is 8.09. The molecule has 6 nitrogen and oxygen atoms in total. The van der Waals surface area contributed by atoms with Crippen LogP contribution < -0.4 is 19.5 Å². The van der Waals surface area contributed by atoms with E-state index in [-0.39, 0.29) is 18.3 Å². The van der Waals surface area contributed by atoms with E-state index < -0.39 is 0 Å². The van der Waals surface area contributed by atoms with Crippen LogP contribution in [0.25, 0.3) is 0 Å². The summed E-state index contributed by atoms with van der Waals surface area (Å²) in [5.41, 5.74) is 1.06. The molecular formula is C15H17ClN2O4. The number of pyridine rings is 1. The molecule has 1 N–H and O–H groups in total. The summed E-state index contributed by atoms with van der Waals surface area (Å²) in [5.74, 6) is 1.18. The van der Waals surface area contributed by atoms with Crippen molar-refractivity contribution in [2.24, 2.45) is 0 Å². The maximum Gasteiger partial charge on any atom is 0.255 e. The maximum absolute atomic E-state index is 12.1. The number of hydrogen-bond donors (Lipinski definition) is 1. The molecule has 0 spiro atoms. The van der Waals surface area contributed by atoms with Gasteiger partial charge in [-0.1, -0.05) is 0 Å². The first-order valence-corrected chi connectivity index (χ1v) is 6.21. The van der Waals surface area contributed by atoms with E-state index in [9.17, 15) is 4.79 Å². The van der Waals surface area contributed by atoms with Gasteiger partial charge in [0.25, 0.3) is 5.91 Å². The van der Waals surface area contributed by atoms with Crippen LogP contribution in [0.4, 0.5) is 5.69 Å². The zero-order chi connectivity index (χ0) is 15.2. The summed E-state index contributed by atoms with van der Waals surface area (Å²) in [6.45, 7) is 0. The number of benzene rings is 1. The number of ether oxygens (including phenoxy) is 3. The van der Waals surface area contributed by atoms with E-state index in [1.165, 1.54) is 21.3 Å². The Kier molecular flexibility index (Phi) is 6.47. The van der Waals surface area contributed by atoms with E-state index in [1.54, 1.807) is 36.7 Å². The predicted molar refractivity (Wildman–Crippen MR) is 85.5 cm³/mol. The summed E-state index contributed by atoms with van der Waals surface area (Å²) in [6.07, 6.45) is 3.12. The molecular weight excluding hydrogens is 308 g/mol. The molecule has 7 heteroatoms. The highest BCUT2D eigenvalue weighted by Gasteiger charge is 2.14. The van der Waals surface area contributed by atoms with Crippen LogP contribution in [0.5, 0.6) is 17.2 Å². The average Bonchev–Trinajstić information content (AvgIpc) is 2.54. The minimum atomic E-state index is -0.244. The molecule has 2 aromatic rings. The molecule has 1 aromatic carbocycles. The van der Waals surface area contributed by atoms with Gasteiger partial charge in [0.05, 0.1) is 21.3 Å². The van der Waals surface area contributed by atoms with Gasteiger partial charge in [-0.3, -0.25) is 9.78 Å².